The minimum Gasteiger partial charge on any atom is -0.0990 e. The number of benzene rings is 1. The second kappa shape index (κ2) is 5.82. The van der Waals surface area contributed by atoms with E-state index in [9.17, 15) is 0 Å². The highest BCUT2D eigenvalue weighted by atomic mass is 14.0. The van der Waals surface area contributed by atoms with Crippen molar-refractivity contribution < 1.29 is 0 Å². The van der Waals surface area contributed by atoms with Crippen molar-refractivity contribution in [2.24, 2.45) is 0 Å². The Bertz CT molecular complexity index is 389. The molecule has 0 unspecified atom stereocenters. The zero-order valence-corrected chi connectivity index (χ0v) is 9.11. The van der Waals surface area contributed by atoms with Crippen LogP contribution in [0.1, 0.15) is 18.1 Å². The van der Waals surface area contributed by atoms with E-state index < -0.39 is 0 Å². The number of hydrogen-bond donors (Lipinski definition) is 0. The van der Waals surface area contributed by atoms with Gasteiger partial charge in [-0.3, -0.25) is 0 Å². The second-order valence-electron chi connectivity index (χ2n) is 3.18. The highest BCUT2D eigenvalue weighted by molar-refractivity contribution is 5.75. The summed E-state index contributed by atoms with van der Waals surface area (Å²) < 4.78 is 0. The Kier molecular flexibility index (Phi) is 4.36. The zero-order valence-electron chi connectivity index (χ0n) is 9.11. The first-order chi connectivity index (χ1) is 7.31. The maximum absolute atomic E-state index is 3.73. The van der Waals surface area contributed by atoms with Crippen LogP contribution in [0.15, 0.2) is 61.7 Å². The van der Waals surface area contributed by atoms with Crippen LogP contribution in [0, 0.1) is 0 Å². The molecule has 0 spiro atoms. The Morgan fingerprint density at radius 1 is 1.13 bits per heavy atom. The van der Waals surface area contributed by atoms with E-state index in [-0.39, 0.29) is 0 Å². The topological polar surface area (TPSA) is 0 Å². The lowest BCUT2D eigenvalue weighted by atomic mass is 10.0. The van der Waals surface area contributed by atoms with Crippen molar-refractivity contribution in [2.45, 2.75) is 6.92 Å². The average molecular weight is 196 g/mol. The molecule has 15 heavy (non-hydrogen) atoms. The molecule has 0 saturated carbocycles. The first-order valence-corrected chi connectivity index (χ1v) is 5.00. The second-order valence-corrected chi connectivity index (χ2v) is 3.18. The van der Waals surface area contributed by atoms with Gasteiger partial charge in [-0.25, -0.2) is 0 Å². The van der Waals surface area contributed by atoms with Gasteiger partial charge in [-0.05, 0) is 23.6 Å². The summed E-state index contributed by atoms with van der Waals surface area (Å²) in [6, 6.07) is 8.30. The summed E-state index contributed by atoms with van der Waals surface area (Å²) in [5.41, 5.74) is 3.50. The van der Waals surface area contributed by atoms with Crippen molar-refractivity contribution in [3.63, 3.8) is 0 Å². The lowest BCUT2D eigenvalue weighted by Gasteiger charge is -2.02. The molecule has 0 saturated heterocycles. The van der Waals surface area contributed by atoms with Gasteiger partial charge in [0.25, 0.3) is 0 Å². The van der Waals surface area contributed by atoms with Gasteiger partial charge >= 0.3 is 0 Å². The van der Waals surface area contributed by atoms with Crippen LogP contribution in [-0.4, -0.2) is 0 Å². The molecule has 0 N–H and O–H groups in total. The molecule has 0 aliphatic carbocycles. The van der Waals surface area contributed by atoms with Crippen LogP contribution >= 0.6 is 0 Å². The summed E-state index contributed by atoms with van der Waals surface area (Å²) in [5.74, 6) is 0. The van der Waals surface area contributed by atoms with E-state index in [0.717, 1.165) is 5.56 Å². The summed E-state index contributed by atoms with van der Waals surface area (Å²) in [4.78, 5) is 0. The molecule has 76 valence electrons. The van der Waals surface area contributed by atoms with Gasteiger partial charge in [-0.15, -0.1) is 0 Å². The van der Waals surface area contributed by atoms with Gasteiger partial charge in [0.15, 0.2) is 0 Å². The summed E-state index contributed by atoms with van der Waals surface area (Å²) >= 11 is 0. The van der Waals surface area contributed by atoms with Crippen molar-refractivity contribution in [3.05, 3.63) is 72.9 Å². The predicted molar refractivity (Wildman–Crippen MR) is 69.5 cm³/mol. The average Bonchev–Trinajstić information content (AvgIpc) is 2.29. The third kappa shape index (κ3) is 3.10. The van der Waals surface area contributed by atoms with E-state index in [4.69, 9.17) is 0 Å². The van der Waals surface area contributed by atoms with E-state index >= 15 is 0 Å². The minimum atomic E-state index is 1.14. The molecular weight excluding hydrogens is 180 g/mol. The van der Waals surface area contributed by atoms with Crippen molar-refractivity contribution in [1.29, 1.82) is 0 Å². The highest BCUT2D eigenvalue weighted by Crippen LogP contribution is 2.17. The zero-order chi connectivity index (χ0) is 11.1. The molecule has 0 aliphatic heterocycles. The third-order valence-electron chi connectivity index (χ3n) is 2.12. The molecule has 0 radical (unpaired) electrons. The first-order valence-electron chi connectivity index (χ1n) is 5.00. The van der Waals surface area contributed by atoms with Crippen LogP contribution in [0.2, 0.25) is 0 Å². The normalized spacial score (nSPS) is 11.7. The van der Waals surface area contributed by atoms with Crippen molar-refractivity contribution in [3.8, 4) is 0 Å². The maximum Gasteiger partial charge on any atom is -0.0184 e. The molecule has 0 bridgehead atoms. The van der Waals surface area contributed by atoms with Crippen molar-refractivity contribution in [1.82, 2.24) is 0 Å². The Morgan fingerprint density at radius 3 is 2.27 bits per heavy atom. The third-order valence-corrected chi connectivity index (χ3v) is 2.12. The lowest BCUT2D eigenvalue weighted by molar-refractivity contribution is 1.58. The van der Waals surface area contributed by atoms with Crippen LogP contribution in [-0.2, 0) is 0 Å². The Morgan fingerprint density at radius 2 is 1.80 bits per heavy atom. The molecule has 0 atom stereocenters. The van der Waals surface area contributed by atoms with Crippen LogP contribution in [0.25, 0.3) is 11.6 Å². The molecule has 0 fully saturated rings. The lowest BCUT2D eigenvalue weighted by Crippen LogP contribution is -1.81. The fraction of sp³-hybridized carbons (Fsp3) is 0.0667. The van der Waals surface area contributed by atoms with Gasteiger partial charge in [-0.1, -0.05) is 67.8 Å². The SMILES string of the molecule is C=C/C=C(\C=C/C)c1ccc(C=C)cc1. The van der Waals surface area contributed by atoms with Gasteiger partial charge in [0.05, 0.1) is 0 Å². The monoisotopic (exact) mass is 196 g/mol. The molecule has 0 aromatic heterocycles. The molecule has 0 amide bonds. The Balaban J connectivity index is 3.07. The number of allylic oxidation sites excluding steroid dienone is 5. The van der Waals surface area contributed by atoms with Gasteiger partial charge in [0.1, 0.15) is 0 Å². The van der Waals surface area contributed by atoms with Crippen molar-refractivity contribution >= 4 is 11.6 Å². The Labute approximate surface area is 92.0 Å². The summed E-state index contributed by atoms with van der Waals surface area (Å²) in [6.45, 7) is 9.46. The van der Waals surface area contributed by atoms with Crippen LogP contribution in [0.5, 0.6) is 0 Å². The van der Waals surface area contributed by atoms with Gasteiger partial charge in [0, 0.05) is 0 Å². The number of hydrogen-bond acceptors (Lipinski definition) is 0. The molecule has 1 aromatic carbocycles. The largest absolute Gasteiger partial charge is 0.0990 e. The first kappa shape index (κ1) is 11.3. The van der Waals surface area contributed by atoms with E-state index in [0.29, 0.717) is 0 Å². The summed E-state index contributed by atoms with van der Waals surface area (Å²) in [6.07, 6.45) is 9.75. The quantitative estimate of drug-likeness (QED) is 0.623. The highest BCUT2D eigenvalue weighted by Gasteiger charge is 1.95. The molecule has 1 rings (SSSR count). The fourth-order valence-corrected chi connectivity index (χ4v) is 1.37. The molecule has 0 nitrogen and oxygen atoms in total. The standard InChI is InChI=1S/C15H16/c1-4-7-14(8-5-2)15-11-9-13(6-3)10-12-15/h4-12H,1,3H2,2H3/b8-5-,14-7+. The Hall–Kier alpha value is -1.82. The van der Waals surface area contributed by atoms with Crippen LogP contribution in [0.3, 0.4) is 0 Å². The smallest absolute Gasteiger partial charge is 0.0184 e. The molecule has 1 aromatic rings. The summed E-state index contributed by atoms with van der Waals surface area (Å²) in [7, 11) is 0. The molecular formula is C15H16. The molecule has 0 heteroatoms. The maximum atomic E-state index is 3.73. The predicted octanol–water partition coefficient (Wildman–Crippen LogP) is 4.48. The van der Waals surface area contributed by atoms with Gasteiger partial charge in [-0.2, -0.15) is 0 Å². The van der Waals surface area contributed by atoms with E-state index in [1.54, 1.807) is 6.08 Å². The van der Waals surface area contributed by atoms with E-state index in [1.807, 2.05) is 25.2 Å². The van der Waals surface area contributed by atoms with Crippen LogP contribution in [0.4, 0.5) is 0 Å². The molecule has 0 aliphatic rings. The number of rotatable bonds is 4. The van der Waals surface area contributed by atoms with E-state index in [1.165, 1.54) is 11.1 Å². The van der Waals surface area contributed by atoms with Crippen molar-refractivity contribution in [2.75, 3.05) is 0 Å². The fourth-order valence-electron chi connectivity index (χ4n) is 1.37. The van der Waals surface area contributed by atoms with Gasteiger partial charge < -0.3 is 0 Å². The minimum absolute atomic E-state index is 1.14. The summed E-state index contributed by atoms with van der Waals surface area (Å²) in [5, 5.41) is 0. The van der Waals surface area contributed by atoms with Gasteiger partial charge in [0.2, 0.25) is 0 Å². The van der Waals surface area contributed by atoms with E-state index in [2.05, 4.69) is 43.5 Å². The van der Waals surface area contributed by atoms with Crippen LogP contribution < -0.4 is 0 Å². The molecule has 0 heterocycles.